The van der Waals surface area contributed by atoms with Crippen molar-refractivity contribution in [1.29, 1.82) is 0 Å². The maximum absolute atomic E-state index is 12.9. The molecule has 0 bridgehead atoms. The van der Waals surface area contributed by atoms with Crippen LogP contribution < -0.4 is 5.32 Å². The Kier molecular flexibility index (Phi) is 5.23. The average molecular weight is 439 g/mol. The molecule has 4 amide bonds. The third kappa shape index (κ3) is 3.83. The number of ether oxygens (including phenoxy) is 1. The minimum atomic E-state index is -1.04. The van der Waals surface area contributed by atoms with Gasteiger partial charge in [-0.05, 0) is 39.8 Å². The summed E-state index contributed by atoms with van der Waals surface area (Å²) in [6.07, 6.45) is 0.0896. The van der Waals surface area contributed by atoms with Crippen molar-refractivity contribution in [3.05, 3.63) is 46.6 Å². The van der Waals surface area contributed by atoms with Crippen LogP contribution >= 0.6 is 0 Å². The summed E-state index contributed by atoms with van der Waals surface area (Å²) in [6, 6.07) is 5.43. The SMILES string of the molecule is CC(C(=O)Nc1n[nH]c2c1CN(C(=O)OC(C)(C)C)CC2)N1C(=O)c2ccccc2C1=O. The average Bonchev–Trinajstić information content (AvgIpc) is 3.25. The maximum atomic E-state index is 12.9. The Morgan fingerprint density at radius 1 is 1.16 bits per heavy atom. The zero-order valence-corrected chi connectivity index (χ0v) is 18.4. The lowest BCUT2D eigenvalue weighted by Crippen LogP contribution is -2.45. The van der Waals surface area contributed by atoms with E-state index in [9.17, 15) is 19.2 Å². The summed E-state index contributed by atoms with van der Waals surface area (Å²) in [7, 11) is 0. The zero-order chi connectivity index (χ0) is 23.2. The number of nitrogens with one attached hydrogen (secondary N) is 2. The molecule has 1 unspecified atom stereocenters. The van der Waals surface area contributed by atoms with Gasteiger partial charge in [0, 0.05) is 24.2 Å². The molecular formula is C22H25N5O5. The summed E-state index contributed by atoms with van der Waals surface area (Å²) in [5.41, 5.74) is 1.43. The number of anilines is 1. The molecule has 1 aromatic heterocycles. The molecule has 0 spiro atoms. The number of carbonyl (C=O) groups is 4. The number of carbonyl (C=O) groups excluding carboxylic acids is 4. The highest BCUT2D eigenvalue weighted by molar-refractivity contribution is 6.23. The molecule has 0 radical (unpaired) electrons. The summed E-state index contributed by atoms with van der Waals surface area (Å²) in [5, 5.41) is 9.75. The number of imide groups is 1. The van der Waals surface area contributed by atoms with Gasteiger partial charge in [-0.25, -0.2) is 4.79 Å². The zero-order valence-electron chi connectivity index (χ0n) is 18.4. The second-order valence-corrected chi connectivity index (χ2v) is 8.87. The van der Waals surface area contributed by atoms with E-state index in [0.717, 1.165) is 10.6 Å². The highest BCUT2D eigenvalue weighted by Crippen LogP contribution is 2.27. The van der Waals surface area contributed by atoms with Crippen LogP contribution in [0.15, 0.2) is 24.3 Å². The van der Waals surface area contributed by atoms with Crippen molar-refractivity contribution in [3.63, 3.8) is 0 Å². The molecule has 1 atom stereocenters. The van der Waals surface area contributed by atoms with E-state index in [0.29, 0.717) is 18.5 Å². The fourth-order valence-corrected chi connectivity index (χ4v) is 3.78. The monoisotopic (exact) mass is 439 g/mol. The Bertz CT molecular complexity index is 1080. The Balaban J connectivity index is 1.48. The van der Waals surface area contributed by atoms with Gasteiger partial charge < -0.3 is 15.0 Å². The minimum Gasteiger partial charge on any atom is -0.444 e. The van der Waals surface area contributed by atoms with E-state index >= 15 is 0 Å². The molecule has 168 valence electrons. The lowest BCUT2D eigenvalue weighted by atomic mass is 10.1. The molecule has 2 aliphatic rings. The molecule has 0 saturated carbocycles. The summed E-state index contributed by atoms with van der Waals surface area (Å²) in [6.45, 7) is 7.56. The van der Waals surface area contributed by atoms with Crippen molar-refractivity contribution in [2.45, 2.75) is 52.3 Å². The Labute approximate surface area is 184 Å². The summed E-state index contributed by atoms with van der Waals surface area (Å²) < 4.78 is 5.44. The van der Waals surface area contributed by atoms with Crippen LogP contribution in [0.4, 0.5) is 10.6 Å². The van der Waals surface area contributed by atoms with Gasteiger partial charge in [0.2, 0.25) is 5.91 Å². The molecule has 10 heteroatoms. The van der Waals surface area contributed by atoms with Crippen LogP contribution in [0.2, 0.25) is 0 Å². The largest absolute Gasteiger partial charge is 0.444 e. The third-order valence-corrected chi connectivity index (χ3v) is 5.42. The highest BCUT2D eigenvalue weighted by atomic mass is 16.6. The van der Waals surface area contributed by atoms with Crippen LogP contribution in [0.25, 0.3) is 0 Å². The minimum absolute atomic E-state index is 0.220. The van der Waals surface area contributed by atoms with Crippen molar-refractivity contribution in [3.8, 4) is 0 Å². The van der Waals surface area contributed by atoms with Crippen LogP contribution in [0.1, 0.15) is 59.7 Å². The van der Waals surface area contributed by atoms with Crippen molar-refractivity contribution in [2.24, 2.45) is 0 Å². The second-order valence-electron chi connectivity index (χ2n) is 8.87. The van der Waals surface area contributed by atoms with E-state index in [1.54, 1.807) is 49.9 Å². The summed E-state index contributed by atoms with van der Waals surface area (Å²) >= 11 is 0. The molecule has 3 heterocycles. The normalized spacial score (nSPS) is 16.5. The van der Waals surface area contributed by atoms with Crippen LogP contribution in [0, 0.1) is 0 Å². The summed E-state index contributed by atoms with van der Waals surface area (Å²) in [5.74, 6) is -1.30. The Morgan fingerprint density at radius 2 is 1.78 bits per heavy atom. The Morgan fingerprint density at radius 3 is 2.38 bits per heavy atom. The van der Waals surface area contributed by atoms with Gasteiger partial charge in [-0.2, -0.15) is 5.10 Å². The van der Waals surface area contributed by atoms with E-state index in [1.807, 2.05) is 0 Å². The number of H-pyrrole nitrogens is 1. The molecule has 2 N–H and O–H groups in total. The van der Waals surface area contributed by atoms with Crippen LogP contribution in [-0.4, -0.2) is 62.0 Å². The molecule has 2 aromatic rings. The van der Waals surface area contributed by atoms with Crippen LogP contribution in [-0.2, 0) is 22.5 Å². The predicted molar refractivity (Wildman–Crippen MR) is 114 cm³/mol. The fraction of sp³-hybridized carbons (Fsp3) is 0.409. The van der Waals surface area contributed by atoms with E-state index in [2.05, 4.69) is 15.5 Å². The maximum Gasteiger partial charge on any atom is 0.410 e. The first-order valence-electron chi connectivity index (χ1n) is 10.4. The smallest absolute Gasteiger partial charge is 0.410 e. The number of aromatic amines is 1. The van der Waals surface area contributed by atoms with Gasteiger partial charge in [-0.3, -0.25) is 24.4 Å². The number of aromatic nitrogens is 2. The van der Waals surface area contributed by atoms with Gasteiger partial charge in [0.15, 0.2) is 5.82 Å². The summed E-state index contributed by atoms with van der Waals surface area (Å²) in [4.78, 5) is 53.2. The number of fused-ring (bicyclic) bond motifs is 2. The lowest BCUT2D eigenvalue weighted by Gasteiger charge is -2.30. The molecule has 4 rings (SSSR count). The van der Waals surface area contributed by atoms with E-state index in [1.165, 1.54) is 6.92 Å². The topological polar surface area (TPSA) is 125 Å². The van der Waals surface area contributed by atoms with Gasteiger partial charge in [0.25, 0.3) is 11.8 Å². The van der Waals surface area contributed by atoms with Crippen LogP contribution in [0.3, 0.4) is 0 Å². The van der Waals surface area contributed by atoms with E-state index in [-0.39, 0.29) is 23.5 Å². The number of hydrogen-bond acceptors (Lipinski definition) is 6. The first kappa shape index (κ1) is 21.5. The number of rotatable bonds is 3. The van der Waals surface area contributed by atoms with Crippen molar-refractivity contribution >= 4 is 29.6 Å². The number of nitrogens with zero attached hydrogens (tertiary/aromatic N) is 3. The first-order valence-corrected chi connectivity index (χ1v) is 10.4. The molecule has 2 aliphatic heterocycles. The van der Waals surface area contributed by atoms with Gasteiger partial charge in [0.1, 0.15) is 11.6 Å². The third-order valence-electron chi connectivity index (χ3n) is 5.42. The number of benzene rings is 1. The molecular weight excluding hydrogens is 414 g/mol. The first-order chi connectivity index (χ1) is 15.1. The number of amides is 4. The number of hydrogen-bond donors (Lipinski definition) is 2. The quantitative estimate of drug-likeness (QED) is 0.707. The fourth-order valence-electron chi connectivity index (χ4n) is 3.78. The predicted octanol–water partition coefficient (Wildman–Crippen LogP) is 2.33. The molecule has 0 aliphatic carbocycles. The molecule has 32 heavy (non-hydrogen) atoms. The Hall–Kier alpha value is -3.69. The van der Waals surface area contributed by atoms with Crippen LogP contribution in [0.5, 0.6) is 0 Å². The molecule has 0 fully saturated rings. The van der Waals surface area contributed by atoms with Gasteiger partial charge >= 0.3 is 6.09 Å². The second kappa shape index (κ2) is 7.77. The van der Waals surface area contributed by atoms with Crippen molar-refractivity contribution < 1.29 is 23.9 Å². The highest BCUT2D eigenvalue weighted by Gasteiger charge is 2.41. The van der Waals surface area contributed by atoms with Crippen molar-refractivity contribution in [2.75, 3.05) is 11.9 Å². The van der Waals surface area contributed by atoms with Gasteiger partial charge in [0.05, 0.1) is 17.7 Å². The molecule has 10 nitrogen and oxygen atoms in total. The van der Waals surface area contributed by atoms with Crippen molar-refractivity contribution in [1.82, 2.24) is 20.0 Å². The lowest BCUT2D eigenvalue weighted by molar-refractivity contribution is -0.119. The molecule has 1 aromatic carbocycles. The van der Waals surface area contributed by atoms with Gasteiger partial charge in [-0.1, -0.05) is 12.1 Å². The molecule has 0 saturated heterocycles. The standard InChI is InChI=1S/C22H25N5O5/c1-12(27-19(29)13-7-5-6-8-14(13)20(27)30)18(28)23-17-15-11-26(10-9-16(15)24-25-17)21(31)32-22(2,3)4/h5-8,12H,9-11H2,1-4H3,(H2,23,24,25,28). The van der Waals surface area contributed by atoms with Gasteiger partial charge in [-0.15, -0.1) is 0 Å². The van der Waals surface area contributed by atoms with E-state index in [4.69, 9.17) is 4.74 Å². The van der Waals surface area contributed by atoms with E-state index < -0.39 is 35.5 Å².